The molecule has 0 amide bonds. The highest BCUT2D eigenvalue weighted by molar-refractivity contribution is 5.26. The maximum atomic E-state index is 6.57. The summed E-state index contributed by atoms with van der Waals surface area (Å²) in [6.45, 7) is 15.2. The van der Waals surface area contributed by atoms with Gasteiger partial charge in [0, 0.05) is 16.7 Å². The van der Waals surface area contributed by atoms with E-state index in [1.54, 1.807) is 0 Å². The van der Waals surface area contributed by atoms with Crippen molar-refractivity contribution in [2.24, 2.45) is 28.6 Å². The van der Waals surface area contributed by atoms with Crippen molar-refractivity contribution in [2.75, 3.05) is 13.2 Å². The average Bonchev–Trinajstić information content (AvgIpc) is 3.20. The van der Waals surface area contributed by atoms with E-state index in [1.165, 1.54) is 18.4 Å². The van der Waals surface area contributed by atoms with Gasteiger partial charge in [0.1, 0.15) is 0 Å². The summed E-state index contributed by atoms with van der Waals surface area (Å²) in [5.74, 6) is 1.13. The highest BCUT2D eigenvalue weighted by Gasteiger charge is 2.67. The van der Waals surface area contributed by atoms with Gasteiger partial charge in [0.2, 0.25) is 0 Å². The van der Waals surface area contributed by atoms with Gasteiger partial charge in [0.05, 0.1) is 25.4 Å². The van der Waals surface area contributed by atoms with E-state index in [2.05, 4.69) is 34.3 Å². The third-order valence-corrected chi connectivity index (χ3v) is 8.96. The average molecular weight is 377 g/mol. The molecule has 3 aliphatic heterocycles. The lowest BCUT2D eigenvalue weighted by molar-refractivity contribution is -0.350. The van der Waals surface area contributed by atoms with Crippen LogP contribution in [0.4, 0.5) is 0 Å². The molecule has 152 valence electrons. The van der Waals surface area contributed by atoms with Crippen molar-refractivity contribution in [1.82, 2.24) is 0 Å². The van der Waals surface area contributed by atoms with Crippen molar-refractivity contribution in [1.29, 1.82) is 0 Å². The fraction of sp³-hybridized carbons (Fsp3) is 0.913. The Balaban J connectivity index is 1.53. The van der Waals surface area contributed by atoms with Crippen LogP contribution in [0.15, 0.2) is 12.2 Å². The molecule has 27 heavy (non-hydrogen) atoms. The molecule has 0 unspecified atom stereocenters. The van der Waals surface area contributed by atoms with Crippen molar-refractivity contribution >= 4 is 0 Å². The second-order valence-corrected chi connectivity index (χ2v) is 10.5. The molecule has 5 fully saturated rings. The second kappa shape index (κ2) is 6.04. The van der Waals surface area contributed by atoms with Crippen molar-refractivity contribution in [3.63, 3.8) is 0 Å². The minimum Gasteiger partial charge on any atom is -0.352 e. The van der Waals surface area contributed by atoms with Gasteiger partial charge in [-0.3, -0.25) is 0 Å². The summed E-state index contributed by atoms with van der Waals surface area (Å²) in [5, 5.41) is 0. The molecule has 2 saturated carbocycles. The van der Waals surface area contributed by atoms with Gasteiger partial charge in [0.15, 0.2) is 12.1 Å². The minimum atomic E-state index is -0.500. The first-order chi connectivity index (χ1) is 12.8. The Morgan fingerprint density at radius 1 is 1.07 bits per heavy atom. The maximum Gasteiger partial charge on any atom is 0.163 e. The lowest BCUT2D eigenvalue weighted by Gasteiger charge is -2.66. The summed E-state index contributed by atoms with van der Waals surface area (Å²) >= 11 is 0. The van der Waals surface area contributed by atoms with Crippen LogP contribution in [-0.4, -0.2) is 37.5 Å². The minimum absolute atomic E-state index is 0.0253. The number of rotatable bonds is 1. The van der Waals surface area contributed by atoms with Crippen molar-refractivity contribution in [3.8, 4) is 0 Å². The fourth-order valence-electron chi connectivity index (χ4n) is 7.24. The molecule has 0 N–H and O–H groups in total. The number of fused-ring (bicyclic) bond motifs is 1. The van der Waals surface area contributed by atoms with Gasteiger partial charge in [-0.2, -0.15) is 0 Å². The molecule has 5 aliphatic rings. The quantitative estimate of drug-likeness (QED) is 0.623. The van der Waals surface area contributed by atoms with E-state index in [0.717, 1.165) is 38.9 Å². The Labute approximate surface area is 164 Å². The summed E-state index contributed by atoms with van der Waals surface area (Å²) in [6.07, 6.45) is 7.40. The van der Waals surface area contributed by atoms with Gasteiger partial charge in [-0.15, -0.1) is 0 Å². The molecule has 0 aromatic rings. The summed E-state index contributed by atoms with van der Waals surface area (Å²) in [5.41, 5.74) is 1.41. The van der Waals surface area contributed by atoms with Crippen LogP contribution in [0.2, 0.25) is 0 Å². The smallest absolute Gasteiger partial charge is 0.163 e. The Morgan fingerprint density at radius 3 is 2.67 bits per heavy atom. The van der Waals surface area contributed by atoms with Gasteiger partial charge in [-0.1, -0.05) is 26.0 Å². The fourth-order valence-corrected chi connectivity index (χ4v) is 7.24. The van der Waals surface area contributed by atoms with Gasteiger partial charge in [0.25, 0.3) is 0 Å². The molecule has 2 aliphatic carbocycles. The van der Waals surface area contributed by atoms with Crippen LogP contribution in [0.5, 0.6) is 0 Å². The van der Waals surface area contributed by atoms with Crippen LogP contribution >= 0.6 is 0 Å². The molecule has 1 spiro atoms. The van der Waals surface area contributed by atoms with E-state index in [1.807, 2.05) is 0 Å². The zero-order valence-electron chi connectivity index (χ0n) is 17.5. The Bertz CT molecular complexity index is 618. The molecular formula is C23H36O4. The Kier molecular flexibility index (Phi) is 4.16. The summed E-state index contributed by atoms with van der Waals surface area (Å²) < 4.78 is 25.3. The van der Waals surface area contributed by atoms with Crippen LogP contribution in [-0.2, 0) is 18.9 Å². The van der Waals surface area contributed by atoms with Crippen LogP contribution in [0.1, 0.15) is 66.2 Å². The molecule has 8 atom stereocenters. The lowest BCUT2D eigenvalue weighted by Crippen LogP contribution is -2.67. The van der Waals surface area contributed by atoms with Crippen LogP contribution in [0, 0.1) is 28.6 Å². The zero-order chi connectivity index (χ0) is 19.0. The van der Waals surface area contributed by atoms with Crippen molar-refractivity contribution < 1.29 is 18.9 Å². The van der Waals surface area contributed by atoms with E-state index in [0.29, 0.717) is 17.8 Å². The molecule has 4 nitrogen and oxygen atoms in total. The summed E-state index contributed by atoms with van der Waals surface area (Å²) in [7, 11) is 0. The van der Waals surface area contributed by atoms with Gasteiger partial charge >= 0.3 is 0 Å². The first kappa shape index (κ1) is 18.6. The molecule has 0 bridgehead atoms. The lowest BCUT2D eigenvalue weighted by atomic mass is 9.44. The Hall–Kier alpha value is -0.420. The largest absolute Gasteiger partial charge is 0.352 e. The first-order valence-corrected chi connectivity index (χ1v) is 11.0. The van der Waals surface area contributed by atoms with Crippen LogP contribution in [0.25, 0.3) is 0 Å². The van der Waals surface area contributed by atoms with E-state index < -0.39 is 5.79 Å². The van der Waals surface area contributed by atoms with E-state index >= 15 is 0 Å². The highest BCUT2D eigenvalue weighted by atomic mass is 16.7. The zero-order valence-corrected chi connectivity index (χ0v) is 17.5. The standard InChI is InChI=1S/C23H36O4/c1-14-7-6-8-17-22(5,18-12-16-9-10-24-20(16)26-18)15(2)11-19-23(14,17)13-25-21(3,4)27-19/h15-20H,1,6-13H2,2-5H3/t15-,16-,17-,18+,19+,20+,22+,23+/m1/s1. The molecular weight excluding hydrogens is 340 g/mol. The van der Waals surface area contributed by atoms with E-state index in [4.69, 9.17) is 18.9 Å². The molecule has 5 rings (SSSR count). The number of hydrogen-bond donors (Lipinski definition) is 0. The van der Waals surface area contributed by atoms with Gasteiger partial charge < -0.3 is 18.9 Å². The van der Waals surface area contributed by atoms with Gasteiger partial charge in [-0.05, 0) is 64.2 Å². The normalized spacial score (nSPS) is 54.3. The molecule has 3 heterocycles. The maximum absolute atomic E-state index is 6.57. The molecule has 0 aromatic heterocycles. The van der Waals surface area contributed by atoms with Crippen molar-refractivity contribution in [3.05, 3.63) is 12.2 Å². The summed E-state index contributed by atoms with van der Waals surface area (Å²) in [6, 6.07) is 0. The predicted octanol–water partition coefficient (Wildman–Crippen LogP) is 4.68. The monoisotopic (exact) mass is 376 g/mol. The topological polar surface area (TPSA) is 36.9 Å². The number of hydrogen-bond acceptors (Lipinski definition) is 4. The second-order valence-electron chi connectivity index (χ2n) is 10.5. The number of ether oxygens (including phenoxy) is 4. The van der Waals surface area contributed by atoms with E-state index in [9.17, 15) is 0 Å². The third-order valence-electron chi connectivity index (χ3n) is 8.96. The highest BCUT2D eigenvalue weighted by Crippen LogP contribution is 2.66. The predicted molar refractivity (Wildman–Crippen MR) is 103 cm³/mol. The van der Waals surface area contributed by atoms with E-state index in [-0.39, 0.29) is 29.3 Å². The van der Waals surface area contributed by atoms with Crippen molar-refractivity contribution in [2.45, 2.75) is 90.5 Å². The Morgan fingerprint density at radius 2 is 1.89 bits per heavy atom. The van der Waals surface area contributed by atoms with Crippen LogP contribution in [0.3, 0.4) is 0 Å². The molecule has 3 saturated heterocycles. The SMILES string of the molecule is C=C1CCC[C@H]2[C@]13COC(C)(C)O[C@H]3C[C@@H](C)[C@]2(C)[C@@H]1C[C@H]2CCO[C@H]2O1. The van der Waals surface area contributed by atoms with Crippen LogP contribution < -0.4 is 0 Å². The molecule has 4 heteroatoms. The first-order valence-electron chi connectivity index (χ1n) is 11.0. The third kappa shape index (κ3) is 2.49. The molecule has 0 aromatic carbocycles. The van der Waals surface area contributed by atoms with Gasteiger partial charge in [-0.25, -0.2) is 0 Å². The molecule has 0 radical (unpaired) electrons. The summed E-state index contributed by atoms with van der Waals surface area (Å²) in [4.78, 5) is 0.